The number of para-hydroxylation sites is 2. The molecule has 0 radical (unpaired) electrons. The summed E-state index contributed by atoms with van der Waals surface area (Å²) in [5, 5.41) is 13.0. The summed E-state index contributed by atoms with van der Waals surface area (Å²) in [7, 11) is 0. The molecule has 44 heavy (non-hydrogen) atoms. The topological polar surface area (TPSA) is 4.93 Å². The van der Waals surface area contributed by atoms with Crippen LogP contribution in [0, 0.1) is 0 Å². The summed E-state index contributed by atoms with van der Waals surface area (Å²) in [6.07, 6.45) is 0. The predicted molar refractivity (Wildman–Crippen MR) is 192 cm³/mol. The van der Waals surface area contributed by atoms with Crippen LogP contribution in [0.1, 0.15) is 0 Å². The maximum atomic E-state index is 2.48. The van der Waals surface area contributed by atoms with Crippen LogP contribution in [0.5, 0.6) is 0 Å². The number of hydrogen-bond donors (Lipinski definition) is 0. The molecule has 0 saturated carbocycles. The van der Waals surface area contributed by atoms with Crippen molar-refractivity contribution in [2.45, 2.75) is 0 Å². The van der Waals surface area contributed by atoms with E-state index >= 15 is 0 Å². The molecular weight excluding hydrogens is 551 g/mol. The molecule has 0 fully saturated rings. The van der Waals surface area contributed by atoms with Gasteiger partial charge in [-0.05, 0) is 68.2 Å². The van der Waals surface area contributed by atoms with Crippen molar-refractivity contribution in [3.63, 3.8) is 0 Å². The first kappa shape index (κ1) is 24.0. The Bertz CT molecular complexity index is 2690. The largest absolute Gasteiger partial charge is 0.309 e. The van der Waals surface area contributed by atoms with E-state index in [0.29, 0.717) is 0 Å². The van der Waals surface area contributed by atoms with Gasteiger partial charge in [0.05, 0.1) is 16.7 Å². The highest BCUT2D eigenvalue weighted by atomic mass is 32.1. The summed E-state index contributed by atoms with van der Waals surface area (Å²) in [5.74, 6) is 0. The Kier molecular flexibility index (Phi) is 4.94. The van der Waals surface area contributed by atoms with Gasteiger partial charge in [0.25, 0.3) is 0 Å². The minimum Gasteiger partial charge on any atom is -0.309 e. The second-order valence-electron chi connectivity index (χ2n) is 11.7. The van der Waals surface area contributed by atoms with E-state index in [2.05, 4.69) is 156 Å². The number of rotatable bonds is 2. The van der Waals surface area contributed by atoms with E-state index in [-0.39, 0.29) is 0 Å². The molecule has 0 unspecified atom stereocenters. The SMILES string of the molecule is c1ccc2c(c1)sc1c(-c3ccc4c5ccccc5c5ccccc5c4c3)c(-n3c4ccccc4c4ccccc43)ccc12. The lowest BCUT2D eigenvalue weighted by Crippen LogP contribution is -1.97. The van der Waals surface area contributed by atoms with Crippen LogP contribution in [0.4, 0.5) is 0 Å². The van der Waals surface area contributed by atoms with Gasteiger partial charge in [-0.15, -0.1) is 11.3 Å². The first-order valence-electron chi connectivity index (χ1n) is 15.1. The van der Waals surface area contributed by atoms with Gasteiger partial charge < -0.3 is 4.57 Å². The maximum Gasteiger partial charge on any atom is 0.0555 e. The molecule has 0 bridgehead atoms. The maximum absolute atomic E-state index is 2.48. The van der Waals surface area contributed by atoms with Crippen LogP contribution < -0.4 is 0 Å². The number of benzene rings is 8. The van der Waals surface area contributed by atoms with Crippen molar-refractivity contribution in [2.75, 3.05) is 0 Å². The first-order valence-corrected chi connectivity index (χ1v) is 15.9. The molecule has 2 aromatic heterocycles. The van der Waals surface area contributed by atoms with Crippen molar-refractivity contribution in [2.24, 2.45) is 0 Å². The summed E-state index contributed by atoms with van der Waals surface area (Å²) in [4.78, 5) is 0. The van der Waals surface area contributed by atoms with Crippen LogP contribution in [-0.2, 0) is 0 Å². The molecule has 0 aliphatic rings. The van der Waals surface area contributed by atoms with E-state index < -0.39 is 0 Å². The van der Waals surface area contributed by atoms with Crippen molar-refractivity contribution < 1.29 is 0 Å². The number of fused-ring (bicyclic) bond motifs is 12. The average Bonchev–Trinajstić information content (AvgIpc) is 3.64. The normalized spacial score (nSPS) is 12.1. The lowest BCUT2D eigenvalue weighted by molar-refractivity contribution is 1.19. The zero-order valence-electron chi connectivity index (χ0n) is 23.8. The minimum atomic E-state index is 1.21. The summed E-state index contributed by atoms with van der Waals surface area (Å²) < 4.78 is 5.13. The zero-order valence-corrected chi connectivity index (χ0v) is 24.6. The standard InChI is InChI=1S/C42H25NS/c1-2-13-29-27(11-1)28-12-3-4-14-30(28)36-25-26(21-22-31(29)36)41-39(24-23-35-34-17-7-10-20-40(34)44-42(35)41)43-37-18-8-5-15-32(37)33-16-6-9-19-38(33)43/h1-25H. The van der Waals surface area contributed by atoms with Gasteiger partial charge in [-0.1, -0.05) is 121 Å². The van der Waals surface area contributed by atoms with E-state index in [9.17, 15) is 0 Å². The molecule has 204 valence electrons. The number of hydrogen-bond acceptors (Lipinski definition) is 1. The summed E-state index contributed by atoms with van der Waals surface area (Å²) >= 11 is 1.90. The van der Waals surface area contributed by atoms with E-state index in [1.165, 1.54) is 91.1 Å². The highest BCUT2D eigenvalue weighted by Gasteiger charge is 2.20. The first-order chi connectivity index (χ1) is 21.8. The average molecular weight is 576 g/mol. The van der Waals surface area contributed by atoms with Gasteiger partial charge in [-0.3, -0.25) is 0 Å². The van der Waals surface area contributed by atoms with Crippen LogP contribution in [0.15, 0.2) is 152 Å². The van der Waals surface area contributed by atoms with E-state index in [1.54, 1.807) is 0 Å². The Hall–Kier alpha value is -5.44. The summed E-state index contributed by atoms with van der Waals surface area (Å²) in [5.41, 5.74) is 6.20. The highest BCUT2D eigenvalue weighted by Crippen LogP contribution is 2.46. The van der Waals surface area contributed by atoms with Crippen molar-refractivity contribution >= 4 is 85.6 Å². The van der Waals surface area contributed by atoms with Crippen molar-refractivity contribution in [3.05, 3.63) is 152 Å². The molecule has 0 atom stereocenters. The molecule has 2 heterocycles. The second-order valence-corrected chi connectivity index (χ2v) is 12.7. The van der Waals surface area contributed by atoms with Crippen molar-refractivity contribution in [1.82, 2.24) is 4.57 Å². The Morgan fingerprint density at radius 3 is 1.48 bits per heavy atom. The third kappa shape index (κ3) is 3.23. The van der Waals surface area contributed by atoms with Gasteiger partial charge in [-0.2, -0.15) is 0 Å². The Labute approximate surface area is 257 Å². The molecule has 0 aliphatic heterocycles. The Morgan fingerprint density at radius 1 is 0.364 bits per heavy atom. The molecule has 2 heteroatoms. The van der Waals surface area contributed by atoms with Gasteiger partial charge >= 0.3 is 0 Å². The van der Waals surface area contributed by atoms with Crippen molar-refractivity contribution in [1.29, 1.82) is 0 Å². The van der Waals surface area contributed by atoms with Gasteiger partial charge in [0.1, 0.15) is 0 Å². The number of aromatic nitrogens is 1. The van der Waals surface area contributed by atoms with Crippen LogP contribution in [0.25, 0.3) is 91.1 Å². The minimum absolute atomic E-state index is 1.21. The Balaban J connectivity index is 1.39. The highest BCUT2D eigenvalue weighted by molar-refractivity contribution is 7.26. The van der Waals surface area contributed by atoms with Gasteiger partial charge in [0.15, 0.2) is 0 Å². The molecule has 10 aromatic rings. The molecule has 0 spiro atoms. The molecule has 10 rings (SSSR count). The van der Waals surface area contributed by atoms with Crippen LogP contribution in [0.2, 0.25) is 0 Å². The lowest BCUT2D eigenvalue weighted by atomic mass is 9.91. The monoisotopic (exact) mass is 575 g/mol. The van der Waals surface area contributed by atoms with E-state index in [4.69, 9.17) is 0 Å². The molecule has 8 aromatic carbocycles. The number of thiophene rings is 1. The molecular formula is C42H25NS. The van der Waals surface area contributed by atoms with E-state index in [1.807, 2.05) is 11.3 Å². The van der Waals surface area contributed by atoms with Crippen molar-refractivity contribution in [3.8, 4) is 16.8 Å². The molecule has 0 aliphatic carbocycles. The summed E-state index contributed by atoms with van der Waals surface area (Å²) in [6.45, 7) is 0. The van der Waals surface area contributed by atoms with Gasteiger partial charge in [0, 0.05) is 36.5 Å². The third-order valence-corrected chi connectivity index (χ3v) is 10.6. The quantitative estimate of drug-likeness (QED) is 0.181. The van der Waals surface area contributed by atoms with E-state index in [0.717, 1.165) is 0 Å². The summed E-state index contributed by atoms with van der Waals surface area (Å²) in [6, 6.07) is 55.9. The Morgan fingerprint density at radius 2 is 0.841 bits per heavy atom. The zero-order chi connectivity index (χ0) is 28.8. The fourth-order valence-electron chi connectivity index (χ4n) is 7.49. The number of nitrogens with zero attached hydrogens (tertiary/aromatic N) is 1. The molecule has 0 saturated heterocycles. The fraction of sp³-hybridized carbons (Fsp3) is 0. The smallest absolute Gasteiger partial charge is 0.0555 e. The lowest BCUT2D eigenvalue weighted by Gasteiger charge is -2.17. The van der Waals surface area contributed by atoms with Crippen LogP contribution in [0.3, 0.4) is 0 Å². The van der Waals surface area contributed by atoms with Gasteiger partial charge in [-0.25, -0.2) is 0 Å². The van der Waals surface area contributed by atoms with Crippen LogP contribution >= 0.6 is 11.3 Å². The van der Waals surface area contributed by atoms with Crippen LogP contribution in [-0.4, -0.2) is 4.57 Å². The predicted octanol–water partition coefficient (Wildman–Crippen LogP) is 12.3. The molecule has 0 N–H and O–H groups in total. The van der Waals surface area contributed by atoms with Gasteiger partial charge in [0.2, 0.25) is 0 Å². The molecule has 0 amide bonds. The third-order valence-electron chi connectivity index (χ3n) is 9.38. The molecule has 1 nitrogen and oxygen atoms in total. The second kappa shape index (κ2) is 9.03. The fourth-order valence-corrected chi connectivity index (χ4v) is 8.76.